The van der Waals surface area contributed by atoms with E-state index in [9.17, 15) is 18.0 Å². The van der Waals surface area contributed by atoms with Crippen molar-refractivity contribution in [3.63, 3.8) is 0 Å². The molecule has 1 aliphatic carbocycles. The normalized spacial score (nSPS) is 18.2. The summed E-state index contributed by atoms with van der Waals surface area (Å²) in [6, 6.07) is 4.45. The number of hydrogen-bond donors (Lipinski definition) is 0. The van der Waals surface area contributed by atoms with Gasteiger partial charge in [0.1, 0.15) is 0 Å². The zero-order chi connectivity index (χ0) is 16.9. The number of rotatable bonds is 2. The Morgan fingerprint density at radius 3 is 1.68 bits per heavy atom. The van der Waals surface area contributed by atoms with Crippen LogP contribution in [0.25, 0.3) is 0 Å². The molecule has 1 aromatic carbocycles. The third-order valence-corrected chi connectivity index (χ3v) is 5.12. The number of Topliss-reactive ketones (excluding diaryl/α,β-unsaturated/α-hetero) is 1. The van der Waals surface area contributed by atoms with Gasteiger partial charge in [-0.15, -0.1) is 0 Å². The van der Waals surface area contributed by atoms with Crippen LogP contribution >= 0.6 is 0 Å². The molecule has 0 aromatic heterocycles. The van der Waals surface area contributed by atoms with Gasteiger partial charge in [-0.2, -0.15) is 13.2 Å². The highest BCUT2D eigenvalue weighted by Gasteiger charge is 2.43. The molecule has 0 unspecified atom stereocenters. The van der Waals surface area contributed by atoms with E-state index in [4.69, 9.17) is 0 Å². The Hall–Kier alpha value is -1.84. The summed E-state index contributed by atoms with van der Waals surface area (Å²) < 4.78 is 37.9. The summed E-state index contributed by atoms with van der Waals surface area (Å²) in [5, 5.41) is 0. The summed E-state index contributed by atoms with van der Waals surface area (Å²) in [4.78, 5) is 12.9. The van der Waals surface area contributed by atoms with Crippen molar-refractivity contribution in [2.75, 3.05) is 0 Å². The first-order chi connectivity index (χ1) is 10.0. The first-order valence-electron chi connectivity index (χ1n) is 7.09. The molecule has 0 fully saturated rings. The second-order valence-corrected chi connectivity index (χ2v) is 6.03. The first-order valence-corrected chi connectivity index (χ1v) is 7.09. The van der Waals surface area contributed by atoms with Crippen LogP contribution in [0.15, 0.2) is 46.6 Å². The van der Waals surface area contributed by atoms with Crippen molar-refractivity contribution in [2.24, 2.45) is 5.41 Å². The maximum Gasteiger partial charge on any atom is 0.416 e. The van der Waals surface area contributed by atoms with E-state index in [2.05, 4.69) is 0 Å². The van der Waals surface area contributed by atoms with Crippen molar-refractivity contribution in [3.8, 4) is 0 Å². The summed E-state index contributed by atoms with van der Waals surface area (Å²) in [5.41, 5.74) is 2.89. The third kappa shape index (κ3) is 2.31. The summed E-state index contributed by atoms with van der Waals surface area (Å²) in [6.45, 7) is 9.62. The van der Waals surface area contributed by atoms with Gasteiger partial charge in [-0.1, -0.05) is 23.3 Å². The summed E-state index contributed by atoms with van der Waals surface area (Å²) in [6.07, 6.45) is -4.39. The molecule has 4 heteroatoms. The van der Waals surface area contributed by atoms with Crippen molar-refractivity contribution in [1.82, 2.24) is 0 Å². The average Bonchev–Trinajstić information content (AvgIpc) is 2.62. The molecule has 118 valence electrons. The monoisotopic (exact) mass is 308 g/mol. The maximum atomic E-state index is 12.9. The lowest BCUT2D eigenvalue weighted by atomic mass is 9.73. The van der Waals surface area contributed by atoms with Gasteiger partial charge in [0.25, 0.3) is 0 Å². The van der Waals surface area contributed by atoms with E-state index in [1.54, 1.807) is 0 Å². The van der Waals surface area contributed by atoms with Crippen LogP contribution < -0.4 is 0 Å². The van der Waals surface area contributed by atoms with Gasteiger partial charge < -0.3 is 0 Å². The molecule has 0 radical (unpaired) electrons. The predicted molar refractivity (Wildman–Crippen MR) is 80.6 cm³/mol. The highest BCUT2D eigenvalue weighted by atomic mass is 19.4. The second-order valence-electron chi connectivity index (χ2n) is 6.03. The zero-order valence-corrected chi connectivity index (χ0v) is 13.4. The molecule has 0 atom stereocenters. The number of allylic oxidation sites excluding steroid dienone is 4. The van der Waals surface area contributed by atoms with Crippen molar-refractivity contribution < 1.29 is 18.0 Å². The predicted octanol–water partition coefficient (Wildman–Crippen LogP) is 5.58. The number of alkyl halides is 3. The lowest BCUT2D eigenvalue weighted by molar-refractivity contribution is -0.137. The van der Waals surface area contributed by atoms with Gasteiger partial charge in [-0.05, 0) is 57.9 Å². The largest absolute Gasteiger partial charge is 0.416 e. The van der Waals surface area contributed by atoms with Crippen molar-refractivity contribution >= 4 is 5.78 Å². The van der Waals surface area contributed by atoms with Crippen LogP contribution in [0.4, 0.5) is 13.2 Å². The Balaban J connectivity index is 2.45. The van der Waals surface area contributed by atoms with Crippen LogP contribution in [-0.4, -0.2) is 5.78 Å². The Morgan fingerprint density at radius 2 is 1.32 bits per heavy atom. The Kier molecular flexibility index (Phi) is 3.84. The molecule has 0 saturated heterocycles. The number of carbonyl (C=O) groups excluding carboxylic acids is 1. The first kappa shape index (κ1) is 16.5. The fraction of sp³-hybridized carbons (Fsp3) is 0.389. The van der Waals surface area contributed by atoms with Crippen LogP contribution in [0, 0.1) is 5.41 Å². The molecule has 0 spiro atoms. The van der Waals surface area contributed by atoms with E-state index < -0.39 is 17.2 Å². The van der Waals surface area contributed by atoms with Crippen molar-refractivity contribution in [1.29, 1.82) is 0 Å². The van der Waals surface area contributed by atoms with Gasteiger partial charge in [0, 0.05) is 5.56 Å². The fourth-order valence-corrected chi connectivity index (χ4v) is 3.03. The van der Waals surface area contributed by atoms with Crippen molar-refractivity contribution in [2.45, 2.75) is 40.8 Å². The molecule has 0 saturated carbocycles. The van der Waals surface area contributed by atoms with E-state index in [1.165, 1.54) is 12.1 Å². The molecule has 1 aliphatic rings. The molecule has 0 N–H and O–H groups in total. The Morgan fingerprint density at radius 1 is 0.909 bits per heavy atom. The van der Waals surface area contributed by atoms with Gasteiger partial charge >= 0.3 is 6.18 Å². The number of carbonyl (C=O) groups is 1. The van der Waals surface area contributed by atoms with Crippen LogP contribution in [0.1, 0.15) is 50.5 Å². The number of ketones is 1. The molecule has 22 heavy (non-hydrogen) atoms. The van der Waals surface area contributed by atoms with Crippen LogP contribution in [-0.2, 0) is 6.18 Å². The SMILES string of the molecule is CC1=C(C)C(C)(C(=O)c2ccc(C(F)(F)F)cc2)C(C)=C1C. The van der Waals surface area contributed by atoms with E-state index in [1.807, 2.05) is 34.6 Å². The highest BCUT2D eigenvalue weighted by molar-refractivity contribution is 6.05. The topological polar surface area (TPSA) is 17.1 Å². The summed E-state index contributed by atoms with van der Waals surface area (Å²) >= 11 is 0. The minimum absolute atomic E-state index is 0.160. The molecular formula is C18H19F3O. The number of halogens is 3. The van der Waals surface area contributed by atoms with Gasteiger partial charge in [0.15, 0.2) is 5.78 Å². The Bertz CT molecular complexity index is 664. The third-order valence-electron chi connectivity index (χ3n) is 5.12. The molecule has 0 aliphatic heterocycles. The van der Waals surface area contributed by atoms with Gasteiger partial charge in [0.2, 0.25) is 0 Å². The molecule has 0 amide bonds. The number of benzene rings is 1. The van der Waals surface area contributed by atoms with Crippen LogP contribution in [0.3, 0.4) is 0 Å². The lowest BCUT2D eigenvalue weighted by Crippen LogP contribution is -2.29. The smallest absolute Gasteiger partial charge is 0.293 e. The molecule has 2 rings (SSSR count). The highest BCUT2D eigenvalue weighted by Crippen LogP contribution is 2.48. The minimum Gasteiger partial charge on any atom is -0.293 e. The average molecular weight is 308 g/mol. The van der Waals surface area contributed by atoms with Crippen molar-refractivity contribution in [3.05, 3.63) is 57.7 Å². The lowest BCUT2D eigenvalue weighted by Gasteiger charge is -2.27. The van der Waals surface area contributed by atoms with Gasteiger partial charge in [0.05, 0.1) is 11.0 Å². The molecule has 1 nitrogen and oxygen atoms in total. The fourth-order valence-electron chi connectivity index (χ4n) is 3.03. The summed E-state index contributed by atoms with van der Waals surface area (Å²) in [5.74, 6) is -0.160. The Labute approximate surface area is 128 Å². The minimum atomic E-state index is -4.39. The quantitative estimate of drug-likeness (QED) is 0.652. The maximum absolute atomic E-state index is 12.9. The van der Waals surface area contributed by atoms with E-state index in [0.29, 0.717) is 5.56 Å². The second kappa shape index (κ2) is 5.11. The van der Waals surface area contributed by atoms with Gasteiger partial charge in [-0.3, -0.25) is 4.79 Å². The van der Waals surface area contributed by atoms with Crippen LogP contribution in [0.5, 0.6) is 0 Å². The summed E-state index contributed by atoms with van der Waals surface area (Å²) in [7, 11) is 0. The molecule has 1 aromatic rings. The van der Waals surface area contributed by atoms with Gasteiger partial charge in [-0.25, -0.2) is 0 Å². The van der Waals surface area contributed by atoms with E-state index in [0.717, 1.165) is 34.4 Å². The number of hydrogen-bond acceptors (Lipinski definition) is 1. The van der Waals surface area contributed by atoms with E-state index in [-0.39, 0.29) is 5.78 Å². The van der Waals surface area contributed by atoms with E-state index >= 15 is 0 Å². The molecule has 0 bridgehead atoms. The molecular weight excluding hydrogens is 289 g/mol. The standard InChI is InChI=1S/C18H19F3O/c1-10-11(2)13(4)17(5,12(10)3)16(22)14-6-8-15(9-7-14)18(19,20)21/h6-9H,1-5H3. The molecule has 0 heterocycles. The van der Waals surface area contributed by atoms with Crippen LogP contribution in [0.2, 0.25) is 0 Å². The zero-order valence-electron chi connectivity index (χ0n) is 13.4.